The fourth-order valence-electron chi connectivity index (χ4n) is 1.48. The molecule has 0 spiro atoms. The van der Waals surface area contributed by atoms with Crippen molar-refractivity contribution in [1.82, 2.24) is 9.97 Å². The number of hydrogen-bond donors (Lipinski definition) is 1. The molecular formula is C8H8Cl2N4O. The molecule has 1 amide bonds. The lowest BCUT2D eigenvalue weighted by atomic mass is 10.0. The van der Waals surface area contributed by atoms with Gasteiger partial charge in [-0.3, -0.25) is 4.79 Å². The molecule has 1 fully saturated rings. The first kappa shape index (κ1) is 10.4. The van der Waals surface area contributed by atoms with Crippen LogP contribution in [-0.4, -0.2) is 28.5 Å². The van der Waals surface area contributed by atoms with Crippen LogP contribution < -0.4 is 10.6 Å². The number of aromatic nitrogens is 2. The molecule has 0 radical (unpaired) electrons. The number of nitrogens with zero attached hydrogens (tertiary/aromatic N) is 3. The molecule has 1 aromatic rings. The van der Waals surface area contributed by atoms with E-state index in [4.69, 9.17) is 28.9 Å². The molecular weight excluding hydrogens is 239 g/mol. The average molecular weight is 247 g/mol. The molecule has 0 bridgehead atoms. The highest BCUT2D eigenvalue weighted by molar-refractivity contribution is 6.32. The number of carbonyl (C=O) groups is 1. The predicted molar refractivity (Wildman–Crippen MR) is 57.0 cm³/mol. The van der Waals surface area contributed by atoms with Crippen molar-refractivity contribution in [3.05, 3.63) is 16.5 Å². The summed E-state index contributed by atoms with van der Waals surface area (Å²) in [6, 6.07) is 1.25. The van der Waals surface area contributed by atoms with Crippen molar-refractivity contribution in [3.8, 4) is 0 Å². The van der Waals surface area contributed by atoms with Gasteiger partial charge in [-0.15, -0.1) is 0 Å². The molecule has 80 valence electrons. The van der Waals surface area contributed by atoms with Crippen LogP contribution in [0.2, 0.25) is 10.4 Å². The van der Waals surface area contributed by atoms with Crippen molar-refractivity contribution in [2.45, 2.75) is 12.5 Å². The first-order valence-electron chi connectivity index (χ1n) is 4.34. The molecule has 15 heavy (non-hydrogen) atoms. The van der Waals surface area contributed by atoms with Crippen molar-refractivity contribution in [1.29, 1.82) is 0 Å². The number of anilines is 1. The highest BCUT2D eigenvalue weighted by atomic mass is 35.5. The zero-order valence-corrected chi connectivity index (χ0v) is 9.16. The van der Waals surface area contributed by atoms with Gasteiger partial charge in [0.05, 0.1) is 0 Å². The summed E-state index contributed by atoms with van der Waals surface area (Å²) in [4.78, 5) is 20.5. The Bertz CT molecular complexity index is 391. The van der Waals surface area contributed by atoms with Crippen molar-refractivity contribution in [2.24, 2.45) is 5.73 Å². The van der Waals surface area contributed by atoms with Gasteiger partial charge in [-0.05, 0) is 18.0 Å². The maximum atomic E-state index is 11.0. The standard InChI is InChI=1S/C8H8Cl2N4O/c9-5-3-6(13-8(10)12-5)14-2-1-4(14)7(11)15/h3-4H,1-2H2,(H2,11,15). The Kier molecular flexibility index (Phi) is 2.67. The van der Waals surface area contributed by atoms with E-state index in [-0.39, 0.29) is 22.4 Å². The van der Waals surface area contributed by atoms with E-state index in [1.54, 1.807) is 11.0 Å². The number of hydrogen-bond acceptors (Lipinski definition) is 4. The Morgan fingerprint density at radius 1 is 1.53 bits per heavy atom. The Labute approximate surface area is 96.2 Å². The Hall–Kier alpha value is -1.07. The van der Waals surface area contributed by atoms with Crippen molar-refractivity contribution >= 4 is 34.9 Å². The Morgan fingerprint density at radius 3 is 2.73 bits per heavy atom. The third kappa shape index (κ3) is 1.98. The van der Waals surface area contributed by atoms with E-state index < -0.39 is 0 Å². The normalized spacial score (nSPS) is 19.9. The van der Waals surface area contributed by atoms with Crippen LogP contribution in [0.3, 0.4) is 0 Å². The molecule has 0 saturated carbocycles. The zero-order valence-electron chi connectivity index (χ0n) is 7.65. The topological polar surface area (TPSA) is 72.1 Å². The van der Waals surface area contributed by atoms with E-state index in [1.165, 1.54) is 0 Å². The molecule has 0 aliphatic carbocycles. The summed E-state index contributed by atoms with van der Waals surface area (Å²) in [5.74, 6) is 0.169. The summed E-state index contributed by atoms with van der Waals surface area (Å²) >= 11 is 11.4. The second-order valence-corrected chi connectivity index (χ2v) is 3.94. The van der Waals surface area contributed by atoms with Crippen LogP contribution >= 0.6 is 23.2 Å². The van der Waals surface area contributed by atoms with Gasteiger partial charge >= 0.3 is 0 Å². The lowest BCUT2D eigenvalue weighted by molar-refractivity contribution is -0.120. The van der Waals surface area contributed by atoms with Crippen molar-refractivity contribution in [2.75, 3.05) is 11.4 Å². The molecule has 1 aliphatic heterocycles. The van der Waals surface area contributed by atoms with Gasteiger partial charge in [0.1, 0.15) is 17.0 Å². The molecule has 1 aliphatic rings. The second-order valence-electron chi connectivity index (χ2n) is 3.22. The minimum atomic E-state index is -0.368. The van der Waals surface area contributed by atoms with Crippen molar-refractivity contribution < 1.29 is 4.79 Å². The number of rotatable bonds is 2. The lowest BCUT2D eigenvalue weighted by Crippen LogP contribution is -2.55. The van der Waals surface area contributed by atoms with E-state index in [0.29, 0.717) is 5.82 Å². The van der Waals surface area contributed by atoms with Gasteiger partial charge in [0, 0.05) is 12.6 Å². The van der Waals surface area contributed by atoms with Gasteiger partial charge in [-0.1, -0.05) is 11.6 Å². The van der Waals surface area contributed by atoms with E-state index in [1.807, 2.05) is 0 Å². The summed E-state index contributed by atoms with van der Waals surface area (Å²) in [7, 11) is 0. The van der Waals surface area contributed by atoms with Crippen LogP contribution in [0.15, 0.2) is 6.07 Å². The number of primary amides is 1. The van der Waals surface area contributed by atoms with Crippen LogP contribution in [0.5, 0.6) is 0 Å². The zero-order chi connectivity index (χ0) is 11.0. The molecule has 7 heteroatoms. The van der Waals surface area contributed by atoms with E-state index in [9.17, 15) is 4.79 Å². The molecule has 0 aromatic carbocycles. The number of halogens is 2. The minimum Gasteiger partial charge on any atom is -0.368 e. The van der Waals surface area contributed by atoms with Gasteiger partial charge < -0.3 is 10.6 Å². The van der Waals surface area contributed by atoms with Crippen LogP contribution in [0.1, 0.15) is 6.42 Å². The van der Waals surface area contributed by atoms with Crippen LogP contribution in [0.25, 0.3) is 0 Å². The highest BCUT2D eigenvalue weighted by Crippen LogP contribution is 2.26. The van der Waals surface area contributed by atoms with Gasteiger partial charge in [0.2, 0.25) is 11.2 Å². The summed E-state index contributed by atoms with van der Waals surface area (Å²) in [5, 5.41) is 0.313. The Morgan fingerprint density at radius 2 is 2.27 bits per heavy atom. The average Bonchev–Trinajstić information content (AvgIpc) is 1.97. The maximum absolute atomic E-state index is 11.0. The molecule has 2 rings (SSSR count). The molecule has 1 saturated heterocycles. The fraction of sp³-hybridized carbons (Fsp3) is 0.375. The van der Waals surface area contributed by atoms with Crippen LogP contribution in [-0.2, 0) is 4.79 Å². The first-order chi connectivity index (χ1) is 7.08. The summed E-state index contributed by atoms with van der Waals surface area (Å²) in [5.41, 5.74) is 5.21. The smallest absolute Gasteiger partial charge is 0.240 e. The summed E-state index contributed by atoms with van der Waals surface area (Å²) < 4.78 is 0. The minimum absolute atomic E-state index is 0.0626. The quantitative estimate of drug-likeness (QED) is 0.621. The SMILES string of the molecule is NC(=O)C1CCN1c1cc(Cl)nc(Cl)n1. The molecule has 2 N–H and O–H groups in total. The lowest BCUT2D eigenvalue weighted by Gasteiger charge is -2.39. The third-order valence-corrected chi connectivity index (χ3v) is 2.66. The predicted octanol–water partition coefficient (Wildman–Crippen LogP) is 0.847. The summed E-state index contributed by atoms with van der Waals surface area (Å²) in [6.07, 6.45) is 0.731. The van der Waals surface area contributed by atoms with Gasteiger partial charge in [0.25, 0.3) is 0 Å². The number of carbonyl (C=O) groups excluding carboxylic acids is 1. The third-order valence-electron chi connectivity index (χ3n) is 2.30. The monoisotopic (exact) mass is 246 g/mol. The molecule has 5 nitrogen and oxygen atoms in total. The van der Waals surface area contributed by atoms with Crippen LogP contribution in [0.4, 0.5) is 5.82 Å². The van der Waals surface area contributed by atoms with E-state index in [0.717, 1.165) is 13.0 Å². The number of amides is 1. The first-order valence-corrected chi connectivity index (χ1v) is 5.09. The summed E-state index contributed by atoms with van der Waals surface area (Å²) in [6.45, 7) is 0.720. The molecule has 1 aromatic heterocycles. The van der Waals surface area contributed by atoms with E-state index >= 15 is 0 Å². The largest absolute Gasteiger partial charge is 0.368 e. The molecule has 1 atom stereocenters. The van der Waals surface area contributed by atoms with Gasteiger partial charge in [0.15, 0.2) is 0 Å². The fourth-order valence-corrected chi connectivity index (χ4v) is 1.88. The van der Waals surface area contributed by atoms with E-state index in [2.05, 4.69) is 9.97 Å². The van der Waals surface area contributed by atoms with Gasteiger partial charge in [-0.2, -0.15) is 0 Å². The number of nitrogens with two attached hydrogens (primary N) is 1. The highest BCUT2D eigenvalue weighted by Gasteiger charge is 2.33. The molecule has 1 unspecified atom stereocenters. The Balaban J connectivity index is 2.26. The van der Waals surface area contributed by atoms with Crippen molar-refractivity contribution in [3.63, 3.8) is 0 Å². The second kappa shape index (κ2) is 3.83. The van der Waals surface area contributed by atoms with Crippen LogP contribution in [0, 0.1) is 0 Å². The maximum Gasteiger partial charge on any atom is 0.240 e. The molecule has 2 heterocycles. The van der Waals surface area contributed by atoms with Gasteiger partial charge in [-0.25, -0.2) is 9.97 Å².